The zero-order valence-corrected chi connectivity index (χ0v) is 20.0. The fraction of sp³-hybridized carbons (Fsp3) is 0.318. The molecule has 166 valence electrons. The van der Waals surface area contributed by atoms with E-state index in [1.54, 1.807) is 38.1 Å². The summed E-state index contributed by atoms with van der Waals surface area (Å²) in [5.74, 6) is 1.79. The van der Waals surface area contributed by atoms with Gasteiger partial charge in [-0.15, -0.1) is 0 Å². The SMILES string of the molecule is COc1cc(CNCc2c(C)nn(Cc3ccc(Cl)cc3Cl)c2Cl)cc(OC)c1OC. The first kappa shape index (κ1) is 23.5. The molecule has 0 atom stereocenters. The van der Waals surface area contributed by atoms with Crippen molar-refractivity contribution < 1.29 is 14.2 Å². The Morgan fingerprint density at radius 2 is 1.61 bits per heavy atom. The molecule has 0 aliphatic heterocycles. The van der Waals surface area contributed by atoms with Gasteiger partial charge in [-0.3, -0.25) is 0 Å². The highest BCUT2D eigenvalue weighted by atomic mass is 35.5. The summed E-state index contributed by atoms with van der Waals surface area (Å²) in [6.45, 7) is 3.53. The van der Waals surface area contributed by atoms with E-state index in [-0.39, 0.29) is 0 Å². The van der Waals surface area contributed by atoms with Crippen molar-refractivity contribution in [3.63, 3.8) is 0 Å². The molecule has 0 spiro atoms. The fourth-order valence-corrected chi connectivity index (χ4v) is 4.05. The summed E-state index contributed by atoms with van der Waals surface area (Å²) in [7, 11) is 4.77. The molecule has 9 heteroatoms. The quantitative estimate of drug-likeness (QED) is 0.434. The van der Waals surface area contributed by atoms with Gasteiger partial charge in [0.2, 0.25) is 5.75 Å². The molecule has 0 fully saturated rings. The predicted molar refractivity (Wildman–Crippen MR) is 124 cm³/mol. The standard InChI is InChI=1S/C22H24Cl3N3O3/c1-13-17(22(25)28(27-13)12-15-5-6-16(23)9-18(15)24)11-26-10-14-7-19(29-2)21(31-4)20(8-14)30-3/h5-9,26H,10-12H2,1-4H3. The molecule has 0 unspecified atom stereocenters. The van der Waals surface area contributed by atoms with Gasteiger partial charge in [-0.2, -0.15) is 5.10 Å². The van der Waals surface area contributed by atoms with E-state index in [1.807, 2.05) is 25.1 Å². The Kier molecular flexibility index (Phi) is 7.94. The smallest absolute Gasteiger partial charge is 0.203 e. The molecule has 6 nitrogen and oxygen atoms in total. The number of ether oxygens (including phenoxy) is 3. The topological polar surface area (TPSA) is 57.5 Å². The number of hydrogen-bond donors (Lipinski definition) is 1. The molecule has 0 saturated carbocycles. The van der Waals surface area contributed by atoms with Crippen molar-refractivity contribution in [3.8, 4) is 17.2 Å². The number of methoxy groups -OCH3 is 3. The molecule has 3 rings (SSSR count). The third-order valence-electron chi connectivity index (χ3n) is 4.87. The highest BCUT2D eigenvalue weighted by Crippen LogP contribution is 2.38. The van der Waals surface area contributed by atoms with E-state index in [1.165, 1.54) is 0 Å². The third kappa shape index (κ3) is 5.39. The van der Waals surface area contributed by atoms with Gasteiger partial charge < -0.3 is 19.5 Å². The first-order chi connectivity index (χ1) is 14.9. The molecule has 3 aromatic rings. The molecule has 31 heavy (non-hydrogen) atoms. The van der Waals surface area contributed by atoms with Gasteiger partial charge in [-0.1, -0.05) is 40.9 Å². The van der Waals surface area contributed by atoms with E-state index in [4.69, 9.17) is 49.0 Å². The first-order valence-electron chi connectivity index (χ1n) is 9.53. The van der Waals surface area contributed by atoms with Crippen LogP contribution in [0.3, 0.4) is 0 Å². The van der Waals surface area contributed by atoms with E-state index in [0.29, 0.717) is 52.1 Å². The number of aromatic nitrogens is 2. The van der Waals surface area contributed by atoms with Crippen molar-refractivity contribution in [2.75, 3.05) is 21.3 Å². The van der Waals surface area contributed by atoms with E-state index in [2.05, 4.69) is 10.4 Å². The van der Waals surface area contributed by atoms with Crippen molar-refractivity contribution in [3.05, 3.63) is 67.9 Å². The third-order valence-corrected chi connectivity index (χ3v) is 5.88. The Balaban J connectivity index is 1.72. The summed E-state index contributed by atoms with van der Waals surface area (Å²) >= 11 is 18.9. The van der Waals surface area contributed by atoms with Gasteiger partial charge in [0.05, 0.1) is 33.6 Å². The summed E-state index contributed by atoms with van der Waals surface area (Å²) in [5, 5.41) is 9.71. The highest BCUT2D eigenvalue weighted by molar-refractivity contribution is 6.35. The summed E-state index contributed by atoms with van der Waals surface area (Å²) in [5.41, 5.74) is 3.67. The average molecular weight is 485 g/mol. The van der Waals surface area contributed by atoms with E-state index in [0.717, 1.165) is 22.4 Å². The maximum absolute atomic E-state index is 6.61. The zero-order valence-electron chi connectivity index (χ0n) is 17.8. The van der Waals surface area contributed by atoms with Crippen molar-refractivity contribution in [2.45, 2.75) is 26.6 Å². The monoisotopic (exact) mass is 483 g/mol. The van der Waals surface area contributed by atoms with Crippen LogP contribution in [0, 0.1) is 6.92 Å². The van der Waals surface area contributed by atoms with Gasteiger partial charge >= 0.3 is 0 Å². The lowest BCUT2D eigenvalue weighted by atomic mass is 10.1. The van der Waals surface area contributed by atoms with Crippen LogP contribution in [0.15, 0.2) is 30.3 Å². The Bertz CT molecular complexity index is 1040. The summed E-state index contributed by atoms with van der Waals surface area (Å²) in [4.78, 5) is 0. The van der Waals surface area contributed by atoms with Crippen LogP contribution in [-0.2, 0) is 19.6 Å². The predicted octanol–water partition coefficient (Wildman–Crippen LogP) is 5.52. The molecule has 1 aromatic heterocycles. The van der Waals surface area contributed by atoms with Crippen LogP contribution in [0.2, 0.25) is 15.2 Å². The Hall–Kier alpha value is -2.12. The molecule has 1 heterocycles. The highest BCUT2D eigenvalue weighted by Gasteiger charge is 2.16. The van der Waals surface area contributed by atoms with E-state index in [9.17, 15) is 0 Å². The summed E-state index contributed by atoms with van der Waals surface area (Å²) < 4.78 is 17.9. The van der Waals surface area contributed by atoms with Crippen LogP contribution >= 0.6 is 34.8 Å². The molecule has 0 aliphatic rings. The van der Waals surface area contributed by atoms with Gasteiger partial charge in [-0.25, -0.2) is 4.68 Å². The second-order valence-electron chi connectivity index (χ2n) is 6.89. The average Bonchev–Trinajstić information content (AvgIpc) is 3.02. The van der Waals surface area contributed by atoms with Crippen molar-refractivity contribution in [1.82, 2.24) is 15.1 Å². The van der Waals surface area contributed by atoms with E-state index >= 15 is 0 Å². The van der Waals surface area contributed by atoms with Crippen LogP contribution in [0.25, 0.3) is 0 Å². The van der Waals surface area contributed by atoms with Gasteiger partial charge in [-0.05, 0) is 42.3 Å². The number of nitrogens with zero attached hydrogens (tertiary/aromatic N) is 2. The molecular formula is C22H24Cl3N3O3. The fourth-order valence-electron chi connectivity index (χ4n) is 3.28. The van der Waals surface area contributed by atoms with Crippen molar-refractivity contribution in [1.29, 1.82) is 0 Å². The first-order valence-corrected chi connectivity index (χ1v) is 10.7. The summed E-state index contributed by atoms with van der Waals surface area (Å²) in [6, 6.07) is 9.21. The molecule has 0 aliphatic carbocycles. The van der Waals surface area contributed by atoms with Crippen LogP contribution in [0.4, 0.5) is 0 Å². The molecule has 0 amide bonds. The molecule has 0 saturated heterocycles. The second-order valence-corrected chi connectivity index (χ2v) is 8.09. The minimum Gasteiger partial charge on any atom is -0.493 e. The van der Waals surface area contributed by atoms with Crippen LogP contribution < -0.4 is 19.5 Å². The Morgan fingerprint density at radius 3 is 2.19 bits per heavy atom. The minimum absolute atomic E-state index is 0.461. The lowest BCUT2D eigenvalue weighted by molar-refractivity contribution is 0.323. The van der Waals surface area contributed by atoms with Crippen LogP contribution in [-0.4, -0.2) is 31.1 Å². The zero-order chi connectivity index (χ0) is 22.5. The number of benzene rings is 2. The molecule has 0 radical (unpaired) electrons. The molecular weight excluding hydrogens is 461 g/mol. The number of rotatable bonds is 9. The minimum atomic E-state index is 0.461. The lowest BCUT2D eigenvalue weighted by Crippen LogP contribution is -2.14. The maximum atomic E-state index is 6.61. The van der Waals surface area contributed by atoms with Crippen LogP contribution in [0.5, 0.6) is 17.2 Å². The number of halogens is 3. The maximum Gasteiger partial charge on any atom is 0.203 e. The number of hydrogen-bond acceptors (Lipinski definition) is 5. The number of nitrogens with one attached hydrogen (secondary N) is 1. The molecule has 2 aromatic carbocycles. The summed E-state index contributed by atoms with van der Waals surface area (Å²) in [6.07, 6.45) is 0. The molecule has 0 bridgehead atoms. The van der Waals surface area contributed by atoms with E-state index < -0.39 is 0 Å². The molecule has 1 N–H and O–H groups in total. The second kappa shape index (κ2) is 10.5. The van der Waals surface area contributed by atoms with Crippen molar-refractivity contribution in [2.24, 2.45) is 0 Å². The van der Waals surface area contributed by atoms with Gasteiger partial charge in [0.25, 0.3) is 0 Å². The van der Waals surface area contributed by atoms with Gasteiger partial charge in [0, 0.05) is 28.7 Å². The van der Waals surface area contributed by atoms with Gasteiger partial charge in [0.1, 0.15) is 5.15 Å². The Morgan fingerprint density at radius 1 is 0.935 bits per heavy atom. The van der Waals surface area contributed by atoms with Crippen molar-refractivity contribution >= 4 is 34.8 Å². The normalized spacial score (nSPS) is 10.9. The van der Waals surface area contributed by atoms with Crippen LogP contribution in [0.1, 0.15) is 22.4 Å². The van der Waals surface area contributed by atoms with Gasteiger partial charge in [0.15, 0.2) is 11.5 Å². The lowest BCUT2D eigenvalue weighted by Gasteiger charge is -2.14. The number of aryl methyl sites for hydroxylation is 1. The largest absolute Gasteiger partial charge is 0.493 e. The Labute approximate surface area is 197 Å².